The van der Waals surface area contributed by atoms with Gasteiger partial charge in [0.15, 0.2) is 5.82 Å². The zero-order valence-electron chi connectivity index (χ0n) is 23.6. The summed E-state index contributed by atoms with van der Waals surface area (Å²) < 4.78 is 12.1. The fourth-order valence-electron chi connectivity index (χ4n) is 5.03. The van der Waals surface area contributed by atoms with E-state index < -0.39 is 0 Å². The van der Waals surface area contributed by atoms with Crippen molar-refractivity contribution in [3.63, 3.8) is 0 Å². The van der Waals surface area contributed by atoms with E-state index in [0.29, 0.717) is 18.3 Å². The van der Waals surface area contributed by atoms with Crippen molar-refractivity contribution in [3.8, 4) is 51.0 Å². The molecule has 2 heterocycles. The molecule has 0 unspecified atom stereocenters. The van der Waals surface area contributed by atoms with Crippen molar-refractivity contribution < 1.29 is 9.15 Å². The van der Waals surface area contributed by atoms with Crippen LogP contribution in [0.3, 0.4) is 0 Å². The van der Waals surface area contributed by atoms with Crippen molar-refractivity contribution in [2.24, 2.45) is 0 Å². The second kappa shape index (κ2) is 12.1. The topological polar surface area (TPSA) is 61.0 Å². The van der Waals surface area contributed by atoms with Crippen molar-refractivity contribution in [1.29, 1.82) is 0 Å². The first-order chi connectivity index (χ1) is 20.7. The van der Waals surface area contributed by atoms with Crippen molar-refractivity contribution >= 4 is 11.6 Å². The van der Waals surface area contributed by atoms with Crippen LogP contribution in [0.15, 0.2) is 121 Å². The van der Waals surface area contributed by atoms with E-state index >= 15 is 0 Å². The molecular formula is C37H31N3O2. The van der Waals surface area contributed by atoms with Gasteiger partial charge in [0.05, 0.1) is 23.6 Å². The van der Waals surface area contributed by atoms with Gasteiger partial charge in [0, 0.05) is 17.5 Å². The van der Waals surface area contributed by atoms with E-state index in [9.17, 15) is 0 Å². The minimum atomic E-state index is 0.557. The standard InChI is InChI=1S/C37H31N3O2/c1-4-12-25(5-2)32-24-33(27-13-8-7-9-14-27)39-36(38-32)28-19-17-26(18-20-28)29-21-22-34(41-6-3)30(23-29)37-40-31-15-10-11-16-35(31)42-37/h4-5,7-10,12-15,17-24H,1-2,6,11,16H2,3H3/b25-12+. The molecule has 5 heteroatoms. The van der Waals surface area contributed by atoms with E-state index in [0.717, 1.165) is 74.8 Å². The fourth-order valence-corrected chi connectivity index (χ4v) is 5.03. The molecule has 5 aromatic rings. The number of hydrogen-bond donors (Lipinski definition) is 0. The first-order valence-corrected chi connectivity index (χ1v) is 14.1. The molecule has 6 rings (SSSR count). The Bertz CT molecular complexity index is 1810. The number of aryl methyl sites for hydroxylation is 1. The maximum Gasteiger partial charge on any atom is 0.230 e. The summed E-state index contributed by atoms with van der Waals surface area (Å²) in [4.78, 5) is 14.6. The summed E-state index contributed by atoms with van der Waals surface area (Å²) in [5.74, 6) is 2.90. The number of aromatic nitrogens is 3. The number of nitrogens with zero attached hydrogens (tertiary/aromatic N) is 3. The molecule has 2 aromatic heterocycles. The molecule has 0 spiro atoms. The Hall–Kier alpha value is -5.29. The van der Waals surface area contributed by atoms with Gasteiger partial charge in [-0.1, -0.05) is 98.1 Å². The van der Waals surface area contributed by atoms with Crippen molar-refractivity contribution in [2.75, 3.05) is 6.61 Å². The summed E-state index contributed by atoms with van der Waals surface area (Å²) in [6.45, 7) is 10.3. The van der Waals surface area contributed by atoms with Gasteiger partial charge in [-0.2, -0.15) is 0 Å². The first kappa shape index (κ1) is 26.9. The molecule has 42 heavy (non-hydrogen) atoms. The van der Waals surface area contributed by atoms with Gasteiger partial charge >= 0.3 is 0 Å². The molecule has 0 fully saturated rings. The van der Waals surface area contributed by atoms with Crippen LogP contribution in [0.25, 0.3) is 56.9 Å². The summed E-state index contributed by atoms with van der Waals surface area (Å²) >= 11 is 0. The molecule has 0 aliphatic heterocycles. The number of ether oxygens (including phenoxy) is 1. The van der Waals surface area contributed by atoms with Crippen LogP contribution in [0.1, 0.15) is 30.5 Å². The van der Waals surface area contributed by atoms with Gasteiger partial charge in [-0.05, 0) is 54.3 Å². The van der Waals surface area contributed by atoms with Gasteiger partial charge in [-0.15, -0.1) is 0 Å². The summed E-state index contributed by atoms with van der Waals surface area (Å²) in [6.07, 6.45) is 11.4. The molecular weight excluding hydrogens is 518 g/mol. The van der Waals surface area contributed by atoms with E-state index in [1.165, 1.54) is 0 Å². The number of rotatable bonds is 9. The maximum absolute atomic E-state index is 6.18. The highest BCUT2D eigenvalue weighted by Crippen LogP contribution is 2.37. The van der Waals surface area contributed by atoms with Gasteiger partial charge in [0.2, 0.25) is 5.89 Å². The maximum atomic E-state index is 6.18. The Labute approximate surface area is 246 Å². The van der Waals surface area contributed by atoms with Gasteiger partial charge < -0.3 is 9.15 Å². The molecule has 5 nitrogen and oxygen atoms in total. The van der Waals surface area contributed by atoms with Crippen molar-refractivity contribution in [2.45, 2.75) is 19.8 Å². The minimum Gasteiger partial charge on any atom is -0.493 e. The Morgan fingerprint density at radius 3 is 2.40 bits per heavy atom. The summed E-state index contributed by atoms with van der Waals surface area (Å²) in [5.41, 5.74) is 8.28. The number of fused-ring (bicyclic) bond motifs is 1. The normalized spacial score (nSPS) is 12.5. The fraction of sp³-hybridized carbons (Fsp3) is 0.108. The number of hydrogen-bond acceptors (Lipinski definition) is 5. The Morgan fingerprint density at radius 2 is 1.67 bits per heavy atom. The van der Waals surface area contributed by atoms with Crippen LogP contribution in [0.2, 0.25) is 0 Å². The Balaban J connectivity index is 1.38. The highest BCUT2D eigenvalue weighted by molar-refractivity contribution is 5.78. The van der Waals surface area contributed by atoms with Crippen LogP contribution in [0.5, 0.6) is 5.75 Å². The van der Waals surface area contributed by atoms with Crippen molar-refractivity contribution in [1.82, 2.24) is 15.0 Å². The van der Waals surface area contributed by atoms with Crippen LogP contribution in [0, 0.1) is 0 Å². The lowest BCUT2D eigenvalue weighted by Gasteiger charge is -2.12. The lowest BCUT2D eigenvalue weighted by Crippen LogP contribution is -1.98. The molecule has 0 saturated carbocycles. The Morgan fingerprint density at radius 1 is 0.881 bits per heavy atom. The van der Waals surface area contributed by atoms with E-state index in [-0.39, 0.29) is 0 Å². The summed E-state index contributed by atoms with van der Waals surface area (Å²) in [6, 6.07) is 26.5. The molecule has 0 atom stereocenters. The number of allylic oxidation sites excluding steroid dienone is 5. The summed E-state index contributed by atoms with van der Waals surface area (Å²) in [5, 5.41) is 0. The monoisotopic (exact) mass is 549 g/mol. The van der Waals surface area contributed by atoms with Gasteiger partial charge in [0.1, 0.15) is 17.2 Å². The van der Waals surface area contributed by atoms with Crippen LogP contribution < -0.4 is 4.74 Å². The lowest BCUT2D eigenvalue weighted by molar-refractivity contribution is 0.340. The first-order valence-electron chi connectivity index (χ1n) is 14.1. The highest BCUT2D eigenvalue weighted by atomic mass is 16.5. The molecule has 0 N–H and O–H groups in total. The van der Waals surface area contributed by atoms with E-state index in [2.05, 4.69) is 55.6 Å². The third-order valence-corrected chi connectivity index (χ3v) is 7.14. The Kier molecular flexibility index (Phi) is 7.73. The molecule has 0 saturated heterocycles. The number of oxazole rings is 1. The summed E-state index contributed by atoms with van der Waals surface area (Å²) in [7, 11) is 0. The molecule has 0 amide bonds. The average molecular weight is 550 g/mol. The smallest absolute Gasteiger partial charge is 0.230 e. The van der Waals surface area contributed by atoms with Gasteiger partial charge in [0.25, 0.3) is 0 Å². The molecule has 206 valence electrons. The second-order valence-electron chi connectivity index (χ2n) is 9.88. The predicted octanol–water partition coefficient (Wildman–Crippen LogP) is 9.25. The van der Waals surface area contributed by atoms with E-state index in [1.54, 1.807) is 12.2 Å². The van der Waals surface area contributed by atoms with Gasteiger partial charge in [-0.25, -0.2) is 15.0 Å². The predicted molar refractivity (Wildman–Crippen MR) is 171 cm³/mol. The van der Waals surface area contributed by atoms with Crippen LogP contribution in [0.4, 0.5) is 0 Å². The van der Waals surface area contributed by atoms with Crippen LogP contribution in [-0.2, 0) is 6.42 Å². The molecule has 0 bridgehead atoms. The zero-order valence-corrected chi connectivity index (χ0v) is 23.6. The SMILES string of the molecule is C=C/C=C(\C=C)c1cc(-c2ccccc2)nc(-c2ccc(-c3ccc(OCC)c(-c4nc5c(o4)CCC=C5)c3)cc2)n1. The third-order valence-electron chi connectivity index (χ3n) is 7.14. The van der Waals surface area contributed by atoms with Gasteiger partial charge in [-0.3, -0.25) is 0 Å². The van der Waals surface area contributed by atoms with E-state index in [1.807, 2.05) is 61.5 Å². The minimum absolute atomic E-state index is 0.557. The third kappa shape index (κ3) is 5.50. The largest absolute Gasteiger partial charge is 0.493 e. The zero-order chi connectivity index (χ0) is 28.9. The molecule has 3 aromatic carbocycles. The van der Waals surface area contributed by atoms with Crippen LogP contribution >= 0.6 is 0 Å². The van der Waals surface area contributed by atoms with Crippen molar-refractivity contribution in [3.05, 3.63) is 133 Å². The highest BCUT2D eigenvalue weighted by Gasteiger charge is 2.19. The molecule has 0 radical (unpaired) electrons. The lowest BCUT2D eigenvalue weighted by atomic mass is 10.0. The number of benzene rings is 3. The average Bonchev–Trinajstić information content (AvgIpc) is 3.48. The second-order valence-corrected chi connectivity index (χ2v) is 9.88. The molecule has 1 aliphatic carbocycles. The molecule has 1 aliphatic rings. The quantitative estimate of drug-likeness (QED) is 0.172. The van der Waals surface area contributed by atoms with Crippen LogP contribution in [-0.4, -0.2) is 21.6 Å². The van der Waals surface area contributed by atoms with E-state index in [4.69, 9.17) is 24.1 Å².